The van der Waals surface area contributed by atoms with Crippen LogP contribution in [-0.2, 0) is 14.3 Å². The average Bonchev–Trinajstić information content (AvgIpc) is 2.35. The second-order valence-electron chi connectivity index (χ2n) is 2.36. The van der Waals surface area contributed by atoms with Crippen LogP contribution in [0, 0.1) is 0 Å². The Balaban J connectivity index is 2.33. The third kappa shape index (κ3) is 1.92. The van der Waals surface area contributed by atoms with Gasteiger partial charge < -0.3 is 4.74 Å². The third-order valence-electron chi connectivity index (χ3n) is 1.56. The van der Waals surface area contributed by atoms with Crippen LogP contribution in [-0.4, -0.2) is 36.5 Å². The van der Waals surface area contributed by atoms with Gasteiger partial charge in [-0.15, -0.1) is 0 Å². The van der Waals surface area contributed by atoms with Gasteiger partial charge in [-0.05, 0) is 6.92 Å². The Labute approximate surface area is 70.8 Å². The van der Waals surface area contributed by atoms with E-state index in [9.17, 15) is 9.59 Å². The molecule has 0 fully saturated rings. The summed E-state index contributed by atoms with van der Waals surface area (Å²) < 4.78 is 5.02. The molecule has 0 saturated heterocycles. The molecule has 1 heterocycles. The Hall–Kier alpha value is -1.16. The van der Waals surface area contributed by atoms with E-state index in [0.717, 1.165) is 4.90 Å². The molecule has 0 saturated carbocycles. The molecule has 0 spiro atoms. The lowest BCUT2D eigenvalue weighted by Crippen LogP contribution is -2.33. The van der Waals surface area contributed by atoms with Crippen LogP contribution in [0.3, 0.4) is 0 Å². The lowest BCUT2D eigenvalue weighted by atomic mass is 10.5. The number of carbonyl (C=O) groups is 2. The van der Waals surface area contributed by atoms with Gasteiger partial charge >= 0.3 is 0 Å². The van der Waals surface area contributed by atoms with E-state index >= 15 is 0 Å². The molecule has 0 unspecified atom stereocenters. The minimum absolute atomic E-state index is 0.250. The normalized spacial score (nSPS) is 16.2. The summed E-state index contributed by atoms with van der Waals surface area (Å²) in [5.41, 5.74) is 0. The third-order valence-corrected chi connectivity index (χ3v) is 1.56. The number of amides is 2. The number of nitrogens with zero attached hydrogens (tertiary/aromatic N) is 1. The van der Waals surface area contributed by atoms with E-state index in [2.05, 4.69) is 0 Å². The van der Waals surface area contributed by atoms with Gasteiger partial charge in [0.05, 0.1) is 13.2 Å². The molecule has 0 atom stereocenters. The topological polar surface area (TPSA) is 46.6 Å². The molecule has 0 aliphatic carbocycles. The van der Waals surface area contributed by atoms with Crippen molar-refractivity contribution in [2.75, 3.05) is 19.8 Å². The molecule has 0 aromatic heterocycles. The highest BCUT2D eigenvalue weighted by molar-refractivity contribution is 6.12. The van der Waals surface area contributed by atoms with Gasteiger partial charge in [0.2, 0.25) is 0 Å². The highest BCUT2D eigenvalue weighted by atomic mass is 16.5. The largest absolute Gasteiger partial charge is 0.380 e. The minimum Gasteiger partial charge on any atom is -0.380 e. The summed E-state index contributed by atoms with van der Waals surface area (Å²) in [6.07, 6.45) is 2.54. The molecular weight excluding hydrogens is 158 g/mol. The summed E-state index contributed by atoms with van der Waals surface area (Å²) >= 11 is 0. The van der Waals surface area contributed by atoms with E-state index in [1.807, 2.05) is 6.92 Å². The van der Waals surface area contributed by atoms with Gasteiger partial charge in [0, 0.05) is 18.8 Å². The molecule has 2 amide bonds. The van der Waals surface area contributed by atoms with Crippen LogP contribution in [0.25, 0.3) is 0 Å². The first-order valence-corrected chi connectivity index (χ1v) is 3.87. The van der Waals surface area contributed by atoms with Gasteiger partial charge in [0.1, 0.15) is 0 Å². The van der Waals surface area contributed by atoms with E-state index in [4.69, 9.17) is 4.74 Å². The van der Waals surface area contributed by atoms with Crippen molar-refractivity contribution in [3.05, 3.63) is 12.2 Å². The maximum atomic E-state index is 10.9. The molecule has 0 aromatic rings. The zero-order valence-corrected chi connectivity index (χ0v) is 6.95. The molecule has 0 N–H and O–H groups in total. The number of hydrogen-bond donors (Lipinski definition) is 0. The van der Waals surface area contributed by atoms with Gasteiger partial charge in [-0.3, -0.25) is 14.5 Å². The second kappa shape index (κ2) is 4.01. The Bertz CT molecular complexity index is 204. The Morgan fingerprint density at radius 2 is 1.92 bits per heavy atom. The molecule has 4 nitrogen and oxygen atoms in total. The number of hydrogen-bond acceptors (Lipinski definition) is 3. The van der Waals surface area contributed by atoms with Gasteiger partial charge in [-0.1, -0.05) is 0 Å². The number of rotatable bonds is 4. The maximum absolute atomic E-state index is 10.9. The standard InChI is InChI=1S/C8H11NO3/c1-2-12-6-5-9-7(10)3-4-8(9)11/h3-4H,2,5-6H2,1H3. The van der Waals surface area contributed by atoms with Crippen molar-refractivity contribution in [1.82, 2.24) is 4.90 Å². The SMILES string of the molecule is CCOCCN1C(=O)C=CC1=O. The molecule has 1 aliphatic rings. The number of imide groups is 1. The Kier molecular flexibility index (Phi) is 2.99. The van der Waals surface area contributed by atoms with Crippen molar-refractivity contribution in [3.63, 3.8) is 0 Å². The lowest BCUT2D eigenvalue weighted by molar-refractivity contribution is -0.137. The highest BCUT2D eigenvalue weighted by Gasteiger charge is 2.22. The molecular formula is C8H11NO3. The molecule has 0 radical (unpaired) electrons. The van der Waals surface area contributed by atoms with Gasteiger partial charge in [-0.25, -0.2) is 0 Å². The zero-order chi connectivity index (χ0) is 8.97. The van der Waals surface area contributed by atoms with Crippen LogP contribution in [0.2, 0.25) is 0 Å². The zero-order valence-electron chi connectivity index (χ0n) is 6.95. The van der Waals surface area contributed by atoms with E-state index < -0.39 is 0 Å². The molecule has 1 aliphatic heterocycles. The molecule has 4 heteroatoms. The van der Waals surface area contributed by atoms with Crippen LogP contribution in [0.1, 0.15) is 6.92 Å². The summed E-state index contributed by atoms with van der Waals surface area (Å²) in [4.78, 5) is 23.0. The average molecular weight is 169 g/mol. The molecule has 0 bridgehead atoms. The van der Waals surface area contributed by atoms with E-state index in [1.165, 1.54) is 12.2 Å². The number of carbonyl (C=O) groups excluding carboxylic acids is 2. The van der Waals surface area contributed by atoms with Crippen molar-refractivity contribution < 1.29 is 14.3 Å². The monoisotopic (exact) mass is 169 g/mol. The number of ether oxygens (including phenoxy) is 1. The smallest absolute Gasteiger partial charge is 0.253 e. The fourth-order valence-electron chi connectivity index (χ4n) is 0.952. The Morgan fingerprint density at radius 3 is 2.42 bits per heavy atom. The first kappa shape index (κ1) is 8.93. The lowest BCUT2D eigenvalue weighted by Gasteiger charge is -2.12. The van der Waals surface area contributed by atoms with Crippen LogP contribution in [0.4, 0.5) is 0 Å². The quantitative estimate of drug-likeness (QED) is 0.438. The summed E-state index contributed by atoms with van der Waals surface area (Å²) in [6, 6.07) is 0. The first-order chi connectivity index (χ1) is 5.75. The van der Waals surface area contributed by atoms with Crippen molar-refractivity contribution in [2.24, 2.45) is 0 Å². The first-order valence-electron chi connectivity index (χ1n) is 3.87. The van der Waals surface area contributed by atoms with Crippen molar-refractivity contribution in [3.8, 4) is 0 Å². The summed E-state index contributed by atoms with van der Waals surface area (Å²) in [5.74, 6) is -0.501. The summed E-state index contributed by atoms with van der Waals surface area (Å²) in [6.45, 7) is 3.23. The highest BCUT2D eigenvalue weighted by Crippen LogP contribution is 2.02. The molecule has 1 rings (SSSR count). The molecule has 0 aromatic carbocycles. The Morgan fingerprint density at radius 1 is 1.33 bits per heavy atom. The maximum Gasteiger partial charge on any atom is 0.253 e. The van der Waals surface area contributed by atoms with Crippen LogP contribution in [0.15, 0.2) is 12.2 Å². The van der Waals surface area contributed by atoms with E-state index in [-0.39, 0.29) is 11.8 Å². The van der Waals surface area contributed by atoms with Crippen LogP contribution in [0.5, 0.6) is 0 Å². The summed E-state index contributed by atoms with van der Waals surface area (Å²) in [7, 11) is 0. The van der Waals surface area contributed by atoms with Crippen molar-refractivity contribution in [1.29, 1.82) is 0 Å². The fourth-order valence-corrected chi connectivity index (χ4v) is 0.952. The van der Waals surface area contributed by atoms with Gasteiger partial charge in [0.25, 0.3) is 11.8 Å². The second-order valence-corrected chi connectivity index (χ2v) is 2.36. The van der Waals surface area contributed by atoms with Crippen LogP contribution >= 0.6 is 0 Å². The molecule has 66 valence electrons. The fraction of sp³-hybridized carbons (Fsp3) is 0.500. The minimum atomic E-state index is -0.250. The molecule has 12 heavy (non-hydrogen) atoms. The van der Waals surface area contributed by atoms with Crippen molar-refractivity contribution in [2.45, 2.75) is 6.92 Å². The predicted molar refractivity (Wildman–Crippen MR) is 42.4 cm³/mol. The predicted octanol–water partition coefficient (Wildman–Crippen LogP) is -0.0521. The summed E-state index contributed by atoms with van der Waals surface area (Å²) in [5, 5.41) is 0. The van der Waals surface area contributed by atoms with Gasteiger partial charge in [-0.2, -0.15) is 0 Å². The van der Waals surface area contributed by atoms with Gasteiger partial charge in [0.15, 0.2) is 0 Å². The van der Waals surface area contributed by atoms with E-state index in [0.29, 0.717) is 19.8 Å². The van der Waals surface area contributed by atoms with E-state index in [1.54, 1.807) is 0 Å². The van der Waals surface area contributed by atoms with Crippen molar-refractivity contribution >= 4 is 11.8 Å². The van der Waals surface area contributed by atoms with Crippen LogP contribution < -0.4 is 0 Å².